The highest BCUT2D eigenvalue weighted by Gasteiger charge is 1.91. The monoisotopic (exact) mass is 232 g/mol. The van der Waals surface area contributed by atoms with Crippen molar-refractivity contribution >= 4 is 0 Å². The van der Waals surface area contributed by atoms with Crippen LogP contribution in [-0.2, 0) is 14.2 Å². The molecule has 8 nitrogen and oxygen atoms in total. The normalized spacial score (nSPS) is 9.75. The van der Waals surface area contributed by atoms with Gasteiger partial charge in [-0.25, -0.2) is 0 Å². The van der Waals surface area contributed by atoms with Crippen LogP contribution in [0.1, 0.15) is 0 Å². The lowest BCUT2D eigenvalue weighted by atomic mass is 10.7. The first-order valence-corrected chi connectivity index (χ1v) is 4.95. The van der Waals surface area contributed by atoms with E-state index in [0.717, 1.165) is 0 Å². The molecule has 0 aromatic heterocycles. The molecule has 8 heteroatoms. The Morgan fingerprint density at radius 2 is 1.38 bits per heavy atom. The summed E-state index contributed by atoms with van der Waals surface area (Å²) in [5.74, 6) is 0. The van der Waals surface area contributed by atoms with Gasteiger partial charge in [0, 0.05) is 11.5 Å². The lowest BCUT2D eigenvalue weighted by Gasteiger charge is -2.04. The van der Waals surface area contributed by atoms with E-state index in [4.69, 9.17) is 19.7 Å². The van der Waals surface area contributed by atoms with E-state index in [1.165, 1.54) is 0 Å². The minimum atomic E-state index is 0.169. The number of rotatable bonds is 12. The van der Waals surface area contributed by atoms with Crippen LogP contribution in [0, 0.1) is 4.91 Å². The Hall–Kier alpha value is -1.21. The lowest BCUT2D eigenvalue weighted by Crippen LogP contribution is -2.11. The molecule has 0 heterocycles. The molecule has 92 valence electrons. The van der Waals surface area contributed by atoms with Crippen molar-refractivity contribution in [2.45, 2.75) is 0 Å². The van der Waals surface area contributed by atoms with E-state index in [9.17, 15) is 4.91 Å². The molecule has 0 unspecified atom stereocenters. The highest BCUT2D eigenvalue weighted by molar-refractivity contribution is 4.44. The molecular weight excluding hydrogens is 216 g/mol. The standard InChI is InChI=1S/C8H16N4O4/c9-12-10-1-3-14-5-7-16-8-6-15-4-2-11-13/h1-8H2. The molecule has 16 heavy (non-hydrogen) atoms. The summed E-state index contributed by atoms with van der Waals surface area (Å²) >= 11 is 0. The molecule has 0 aliphatic heterocycles. The molecule has 0 aromatic carbocycles. The highest BCUT2D eigenvalue weighted by Crippen LogP contribution is 1.82. The first-order valence-electron chi connectivity index (χ1n) is 4.95. The zero-order chi connectivity index (χ0) is 11.9. The molecule has 0 bridgehead atoms. The van der Waals surface area contributed by atoms with E-state index < -0.39 is 0 Å². The molecule has 0 aromatic rings. The van der Waals surface area contributed by atoms with E-state index in [1.807, 2.05) is 0 Å². The molecule has 0 rings (SSSR count). The average molecular weight is 232 g/mol. The Labute approximate surface area is 93.5 Å². The molecule has 0 amide bonds. The first kappa shape index (κ1) is 14.8. The first-order chi connectivity index (χ1) is 7.91. The van der Waals surface area contributed by atoms with E-state index in [0.29, 0.717) is 46.2 Å². The van der Waals surface area contributed by atoms with Gasteiger partial charge in [-0.15, -0.1) is 0 Å². The molecule has 0 aliphatic carbocycles. The van der Waals surface area contributed by atoms with Crippen LogP contribution in [-0.4, -0.2) is 52.7 Å². The maximum absolute atomic E-state index is 9.68. The summed E-state index contributed by atoms with van der Waals surface area (Å²) in [5.41, 5.74) is 7.97. The molecule has 0 atom stereocenters. The Morgan fingerprint density at radius 1 is 0.875 bits per heavy atom. The second-order valence-electron chi connectivity index (χ2n) is 2.64. The topological polar surface area (TPSA) is 106 Å². The van der Waals surface area contributed by atoms with Crippen LogP contribution in [0.4, 0.5) is 0 Å². The summed E-state index contributed by atoms with van der Waals surface area (Å²) in [6.07, 6.45) is 0. The quantitative estimate of drug-likeness (QED) is 0.165. The third kappa shape index (κ3) is 12.8. The van der Waals surface area contributed by atoms with Crippen molar-refractivity contribution in [1.29, 1.82) is 0 Å². The van der Waals surface area contributed by atoms with Crippen molar-refractivity contribution in [3.05, 3.63) is 15.3 Å². The van der Waals surface area contributed by atoms with Gasteiger partial charge in [0.05, 0.1) is 39.6 Å². The van der Waals surface area contributed by atoms with Gasteiger partial charge < -0.3 is 14.2 Å². The fourth-order valence-corrected chi connectivity index (χ4v) is 0.794. The minimum absolute atomic E-state index is 0.169. The van der Waals surface area contributed by atoms with Gasteiger partial charge in [-0.3, -0.25) is 0 Å². The van der Waals surface area contributed by atoms with Crippen LogP contribution >= 0.6 is 0 Å². The number of azide groups is 1. The van der Waals surface area contributed by atoms with Gasteiger partial charge in [0.15, 0.2) is 0 Å². The second-order valence-corrected chi connectivity index (χ2v) is 2.64. The van der Waals surface area contributed by atoms with Gasteiger partial charge in [-0.05, 0) is 5.53 Å². The van der Waals surface area contributed by atoms with E-state index in [-0.39, 0.29) is 6.54 Å². The smallest absolute Gasteiger partial charge is 0.104 e. The van der Waals surface area contributed by atoms with Crippen LogP contribution in [0.2, 0.25) is 0 Å². The number of hydrogen-bond acceptors (Lipinski definition) is 6. The van der Waals surface area contributed by atoms with Gasteiger partial charge >= 0.3 is 0 Å². The van der Waals surface area contributed by atoms with E-state index in [1.54, 1.807) is 0 Å². The van der Waals surface area contributed by atoms with Crippen LogP contribution in [0.3, 0.4) is 0 Å². The fourth-order valence-electron chi connectivity index (χ4n) is 0.794. The highest BCUT2D eigenvalue weighted by atomic mass is 16.5. The van der Waals surface area contributed by atoms with Crippen molar-refractivity contribution in [2.75, 3.05) is 52.7 Å². The molecule has 0 spiro atoms. The zero-order valence-electron chi connectivity index (χ0n) is 9.08. The molecule has 0 fully saturated rings. The van der Waals surface area contributed by atoms with Crippen LogP contribution in [0.5, 0.6) is 0 Å². The van der Waals surface area contributed by atoms with Crippen molar-refractivity contribution in [3.63, 3.8) is 0 Å². The Morgan fingerprint density at radius 3 is 1.88 bits per heavy atom. The van der Waals surface area contributed by atoms with E-state index >= 15 is 0 Å². The predicted molar refractivity (Wildman–Crippen MR) is 57.1 cm³/mol. The maximum Gasteiger partial charge on any atom is 0.104 e. The largest absolute Gasteiger partial charge is 0.379 e. The SMILES string of the molecule is [N-]=[N+]=NCCOCCOCCOCCN=O. The number of hydrogen-bond donors (Lipinski definition) is 0. The van der Waals surface area contributed by atoms with Crippen molar-refractivity contribution < 1.29 is 14.2 Å². The van der Waals surface area contributed by atoms with Crippen LogP contribution in [0.25, 0.3) is 10.4 Å². The fraction of sp³-hybridized carbons (Fsp3) is 1.00. The summed E-state index contributed by atoms with van der Waals surface area (Å²) in [4.78, 5) is 12.3. The maximum atomic E-state index is 9.68. The molecule has 0 aliphatic rings. The van der Waals surface area contributed by atoms with Crippen LogP contribution in [0.15, 0.2) is 10.3 Å². The average Bonchev–Trinajstić information content (AvgIpc) is 2.31. The third-order valence-corrected chi connectivity index (χ3v) is 1.47. The third-order valence-electron chi connectivity index (χ3n) is 1.47. The van der Waals surface area contributed by atoms with Gasteiger partial charge in [0.2, 0.25) is 0 Å². The van der Waals surface area contributed by atoms with Crippen molar-refractivity contribution in [3.8, 4) is 0 Å². The van der Waals surface area contributed by atoms with Gasteiger partial charge in [-0.1, -0.05) is 10.3 Å². The Bertz CT molecular complexity index is 208. The van der Waals surface area contributed by atoms with E-state index in [2.05, 4.69) is 15.2 Å². The molecule has 0 N–H and O–H groups in total. The summed E-state index contributed by atoms with van der Waals surface area (Å²) in [5, 5.41) is 5.96. The van der Waals surface area contributed by atoms with Gasteiger partial charge in [0.1, 0.15) is 6.54 Å². The van der Waals surface area contributed by atoms with Gasteiger partial charge in [-0.2, -0.15) is 4.91 Å². The summed E-state index contributed by atoms with van der Waals surface area (Å²) in [6, 6.07) is 0. The summed E-state index contributed by atoms with van der Waals surface area (Å²) < 4.78 is 15.3. The Kier molecular flexibility index (Phi) is 12.7. The zero-order valence-corrected chi connectivity index (χ0v) is 9.08. The number of nitroso groups, excluding NO2 is 1. The molecular formula is C8H16N4O4. The molecule has 0 radical (unpaired) electrons. The summed E-state index contributed by atoms with van der Waals surface area (Å²) in [7, 11) is 0. The van der Waals surface area contributed by atoms with Crippen molar-refractivity contribution in [2.24, 2.45) is 10.3 Å². The minimum Gasteiger partial charge on any atom is -0.379 e. The van der Waals surface area contributed by atoms with Crippen LogP contribution < -0.4 is 0 Å². The molecule has 0 saturated heterocycles. The van der Waals surface area contributed by atoms with Gasteiger partial charge in [0.25, 0.3) is 0 Å². The lowest BCUT2D eigenvalue weighted by molar-refractivity contribution is 0.0175. The number of ether oxygens (including phenoxy) is 3. The predicted octanol–water partition coefficient (Wildman–Crippen LogP) is 1.11. The number of nitrogens with zero attached hydrogens (tertiary/aromatic N) is 4. The summed E-state index contributed by atoms with van der Waals surface area (Å²) in [6.45, 7) is 3.04. The van der Waals surface area contributed by atoms with Crippen molar-refractivity contribution in [1.82, 2.24) is 0 Å². The Balaban J connectivity index is 2.93. The second kappa shape index (κ2) is 13.8. The molecule has 0 saturated carbocycles.